The molecule has 0 spiro atoms. The van der Waals surface area contributed by atoms with E-state index in [2.05, 4.69) is 30.6 Å². The molecule has 0 aliphatic carbocycles. The first-order chi connectivity index (χ1) is 9.27. The number of unbranched alkanes of at least 4 members (excludes halogenated alkanes) is 4. The van der Waals surface area contributed by atoms with Gasteiger partial charge in [0.25, 0.3) is 0 Å². The highest BCUT2D eigenvalue weighted by atomic mass is 16.6. The highest BCUT2D eigenvalue weighted by molar-refractivity contribution is 5.95. The predicted molar refractivity (Wildman–Crippen MR) is 77.5 cm³/mol. The van der Waals surface area contributed by atoms with Crippen molar-refractivity contribution in [2.24, 2.45) is 0 Å². The standard InChI is InChI=1S/C17H24O2/c1-3-5-6-7-10-13-16-17(19-16)14-11-8-9-12-15(18)4-2/h16-17H,3-7,10,13-14H2,1-2H3/t16-,17-/m0/s1. The Bertz CT molecular complexity index is 389. The van der Waals surface area contributed by atoms with E-state index in [1.54, 1.807) is 6.92 Å². The molecule has 0 amide bonds. The fourth-order valence-electron chi connectivity index (χ4n) is 1.95. The maximum absolute atomic E-state index is 10.9. The molecule has 1 aliphatic rings. The quantitative estimate of drug-likeness (QED) is 0.289. The van der Waals surface area contributed by atoms with Crippen LogP contribution in [-0.2, 0) is 9.53 Å². The molecule has 2 nitrogen and oxygen atoms in total. The second-order valence-electron chi connectivity index (χ2n) is 4.95. The van der Waals surface area contributed by atoms with Crippen LogP contribution in [0.3, 0.4) is 0 Å². The number of epoxide rings is 1. The second kappa shape index (κ2) is 9.65. The number of hydrogen-bond donors (Lipinski definition) is 0. The molecule has 1 rings (SSSR count). The lowest BCUT2D eigenvalue weighted by Crippen LogP contribution is -1.93. The van der Waals surface area contributed by atoms with Crippen LogP contribution >= 0.6 is 0 Å². The third-order valence-electron chi connectivity index (χ3n) is 3.26. The van der Waals surface area contributed by atoms with E-state index in [1.807, 2.05) is 0 Å². The van der Waals surface area contributed by atoms with Gasteiger partial charge in [-0.1, -0.05) is 51.9 Å². The fourth-order valence-corrected chi connectivity index (χ4v) is 1.95. The normalized spacial score (nSPS) is 19.9. The molecule has 0 radical (unpaired) electrons. The molecule has 0 aromatic rings. The predicted octanol–water partition coefficient (Wildman–Crippen LogP) is 3.49. The van der Waals surface area contributed by atoms with Crippen molar-refractivity contribution in [3.8, 4) is 23.7 Å². The van der Waals surface area contributed by atoms with Crippen LogP contribution < -0.4 is 0 Å². The lowest BCUT2D eigenvalue weighted by atomic mass is 10.1. The third kappa shape index (κ3) is 7.70. The second-order valence-corrected chi connectivity index (χ2v) is 4.95. The van der Waals surface area contributed by atoms with E-state index in [1.165, 1.54) is 32.1 Å². The largest absolute Gasteiger partial charge is 0.369 e. The molecule has 0 unspecified atom stereocenters. The Hall–Kier alpha value is -1.25. The van der Waals surface area contributed by atoms with E-state index in [-0.39, 0.29) is 5.78 Å². The molecule has 1 fully saturated rings. The molecule has 0 saturated carbocycles. The SMILES string of the molecule is CCCCCCC[C@@H]1O[C@H]1CC#CC#CC(=O)CC. The van der Waals surface area contributed by atoms with Crippen LogP contribution in [0.25, 0.3) is 0 Å². The van der Waals surface area contributed by atoms with Crippen molar-refractivity contribution < 1.29 is 9.53 Å². The Morgan fingerprint density at radius 3 is 2.58 bits per heavy atom. The van der Waals surface area contributed by atoms with Gasteiger partial charge in [0.15, 0.2) is 0 Å². The molecule has 0 bridgehead atoms. The number of carbonyl (C=O) groups is 1. The number of ketones is 1. The van der Waals surface area contributed by atoms with Gasteiger partial charge in [-0.15, -0.1) is 0 Å². The van der Waals surface area contributed by atoms with Crippen LogP contribution in [0.2, 0.25) is 0 Å². The Morgan fingerprint density at radius 2 is 1.84 bits per heavy atom. The van der Waals surface area contributed by atoms with Crippen LogP contribution in [0.4, 0.5) is 0 Å². The van der Waals surface area contributed by atoms with Crippen molar-refractivity contribution >= 4 is 5.78 Å². The van der Waals surface area contributed by atoms with E-state index >= 15 is 0 Å². The van der Waals surface area contributed by atoms with Crippen LogP contribution in [0.5, 0.6) is 0 Å². The van der Waals surface area contributed by atoms with Crippen LogP contribution in [-0.4, -0.2) is 18.0 Å². The molecule has 2 heteroatoms. The maximum atomic E-state index is 10.9. The van der Waals surface area contributed by atoms with Gasteiger partial charge in [-0.3, -0.25) is 4.79 Å². The zero-order valence-corrected chi connectivity index (χ0v) is 12.1. The zero-order chi connectivity index (χ0) is 13.9. The summed E-state index contributed by atoms with van der Waals surface area (Å²) in [6.07, 6.45) is 9.65. The van der Waals surface area contributed by atoms with Gasteiger partial charge in [-0.2, -0.15) is 0 Å². The maximum Gasteiger partial charge on any atom is 0.206 e. The van der Waals surface area contributed by atoms with E-state index in [4.69, 9.17) is 4.74 Å². The van der Waals surface area contributed by atoms with Crippen molar-refractivity contribution in [3.63, 3.8) is 0 Å². The molecule has 1 aliphatic heterocycles. The number of rotatable bonds is 8. The average molecular weight is 260 g/mol. The minimum atomic E-state index is -0.0538. The Kier molecular flexibility index (Phi) is 8.03. The number of carbonyl (C=O) groups excluding carboxylic acids is 1. The lowest BCUT2D eigenvalue weighted by Gasteiger charge is -1.96. The molecular formula is C17H24O2. The van der Waals surface area contributed by atoms with Gasteiger partial charge in [0.05, 0.1) is 12.2 Å². The van der Waals surface area contributed by atoms with Crippen LogP contribution in [0.1, 0.15) is 65.2 Å². The minimum Gasteiger partial charge on any atom is -0.369 e. The first-order valence-electron chi connectivity index (χ1n) is 7.45. The Labute approximate surface area is 117 Å². The zero-order valence-electron chi connectivity index (χ0n) is 12.1. The fraction of sp³-hybridized carbons (Fsp3) is 0.706. The highest BCUT2D eigenvalue weighted by Crippen LogP contribution is 2.29. The van der Waals surface area contributed by atoms with Crippen molar-refractivity contribution in [3.05, 3.63) is 0 Å². The first-order valence-corrected chi connectivity index (χ1v) is 7.45. The van der Waals surface area contributed by atoms with Gasteiger partial charge in [-0.05, 0) is 24.2 Å². The van der Waals surface area contributed by atoms with Crippen LogP contribution in [0, 0.1) is 23.7 Å². The Morgan fingerprint density at radius 1 is 1.05 bits per heavy atom. The smallest absolute Gasteiger partial charge is 0.206 e. The molecule has 0 aromatic heterocycles. The van der Waals surface area contributed by atoms with Gasteiger partial charge in [0.2, 0.25) is 5.78 Å². The molecule has 2 atom stereocenters. The number of ether oxygens (including phenoxy) is 1. The molecule has 19 heavy (non-hydrogen) atoms. The summed E-state index contributed by atoms with van der Waals surface area (Å²) in [7, 11) is 0. The summed E-state index contributed by atoms with van der Waals surface area (Å²) in [6, 6.07) is 0. The summed E-state index contributed by atoms with van der Waals surface area (Å²) in [5, 5.41) is 0. The highest BCUT2D eigenvalue weighted by Gasteiger charge is 2.36. The third-order valence-corrected chi connectivity index (χ3v) is 3.26. The van der Waals surface area contributed by atoms with Crippen molar-refractivity contribution in [2.45, 2.75) is 77.4 Å². The Balaban J connectivity index is 2.03. The van der Waals surface area contributed by atoms with Gasteiger partial charge < -0.3 is 4.74 Å². The summed E-state index contributed by atoms with van der Waals surface area (Å²) < 4.78 is 5.55. The number of hydrogen-bond acceptors (Lipinski definition) is 2. The van der Waals surface area contributed by atoms with E-state index in [9.17, 15) is 4.79 Å². The van der Waals surface area contributed by atoms with E-state index in [0.29, 0.717) is 18.6 Å². The first kappa shape index (κ1) is 15.8. The molecule has 0 aromatic carbocycles. The summed E-state index contributed by atoms with van der Waals surface area (Å²) >= 11 is 0. The van der Waals surface area contributed by atoms with Crippen molar-refractivity contribution in [1.29, 1.82) is 0 Å². The van der Waals surface area contributed by atoms with Crippen molar-refractivity contribution in [2.75, 3.05) is 0 Å². The summed E-state index contributed by atoms with van der Waals surface area (Å²) in [5.41, 5.74) is 0. The summed E-state index contributed by atoms with van der Waals surface area (Å²) in [5.74, 6) is 10.7. The van der Waals surface area contributed by atoms with Gasteiger partial charge in [-0.25, -0.2) is 0 Å². The minimum absolute atomic E-state index is 0.0538. The average Bonchev–Trinajstić information content (AvgIpc) is 3.16. The topological polar surface area (TPSA) is 29.6 Å². The van der Waals surface area contributed by atoms with E-state index in [0.717, 1.165) is 12.8 Å². The molecule has 1 heterocycles. The number of Topliss-reactive ketones (excluding diaryl/α,β-unsaturated/α-hetero) is 1. The van der Waals surface area contributed by atoms with Crippen LogP contribution in [0.15, 0.2) is 0 Å². The van der Waals surface area contributed by atoms with E-state index < -0.39 is 0 Å². The molecular weight excluding hydrogens is 236 g/mol. The summed E-state index contributed by atoms with van der Waals surface area (Å²) in [6.45, 7) is 4.03. The van der Waals surface area contributed by atoms with Gasteiger partial charge >= 0.3 is 0 Å². The lowest BCUT2D eigenvalue weighted by molar-refractivity contribution is -0.113. The monoisotopic (exact) mass is 260 g/mol. The van der Waals surface area contributed by atoms with Crippen molar-refractivity contribution in [1.82, 2.24) is 0 Å². The molecule has 1 saturated heterocycles. The molecule has 0 N–H and O–H groups in total. The van der Waals surface area contributed by atoms with Gasteiger partial charge in [0.1, 0.15) is 0 Å². The summed E-state index contributed by atoms with van der Waals surface area (Å²) in [4.78, 5) is 10.9. The molecule has 104 valence electrons. The van der Waals surface area contributed by atoms with Gasteiger partial charge in [0, 0.05) is 12.8 Å².